The van der Waals surface area contributed by atoms with E-state index in [4.69, 9.17) is 4.74 Å². The van der Waals surface area contributed by atoms with Crippen LogP contribution in [0.25, 0.3) is 0 Å². The van der Waals surface area contributed by atoms with E-state index in [0.29, 0.717) is 12.0 Å². The van der Waals surface area contributed by atoms with E-state index in [-0.39, 0.29) is 35.2 Å². The molecule has 2 atom stereocenters. The van der Waals surface area contributed by atoms with Crippen LogP contribution in [-0.4, -0.2) is 24.1 Å². The van der Waals surface area contributed by atoms with E-state index in [0.717, 1.165) is 6.07 Å². The van der Waals surface area contributed by atoms with Crippen molar-refractivity contribution in [3.8, 4) is 5.75 Å². The zero-order chi connectivity index (χ0) is 18.8. The topological polar surface area (TPSA) is 75.6 Å². The van der Waals surface area contributed by atoms with Gasteiger partial charge in [0.2, 0.25) is 5.91 Å². The molecule has 1 fully saturated rings. The molecule has 26 heavy (non-hydrogen) atoms. The third kappa shape index (κ3) is 3.51. The standard InChI is InChI=1S/C19H17F2NO4/c1-26-16-6-5-10(7-14(16)19(24)25)9-22-18(23)13-8-12(13)11-3-2-4-15(20)17(11)21/h2-7,12-13H,8-9H2,1H3,(H,22,23)(H,24,25)/t12-,13-/m0/s1. The molecule has 0 radical (unpaired) electrons. The highest BCUT2D eigenvalue weighted by Crippen LogP contribution is 2.48. The number of carboxylic acids is 1. The third-order valence-corrected chi connectivity index (χ3v) is 4.47. The lowest BCUT2D eigenvalue weighted by atomic mass is 10.1. The summed E-state index contributed by atoms with van der Waals surface area (Å²) < 4.78 is 32.1. The third-order valence-electron chi connectivity index (χ3n) is 4.47. The number of ether oxygens (including phenoxy) is 1. The summed E-state index contributed by atoms with van der Waals surface area (Å²) in [7, 11) is 1.38. The number of benzene rings is 2. The van der Waals surface area contributed by atoms with Gasteiger partial charge in [-0.05, 0) is 41.7 Å². The van der Waals surface area contributed by atoms with Gasteiger partial charge in [-0.15, -0.1) is 0 Å². The lowest BCUT2D eigenvalue weighted by Crippen LogP contribution is -2.25. The van der Waals surface area contributed by atoms with Gasteiger partial charge in [0.25, 0.3) is 0 Å². The van der Waals surface area contributed by atoms with Crippen LogP contribution in [0.4, 0.5) is 8.78 Å². The van der Waals surface area contributed by atoms with Gasteiger partial charge in [-0.2, -0.15) is 0 Å². The van der Waals surface area contributed by atoms with Gasteiger partial charge >= 0.3 is 5.97 Å². The van der Waals surface area contributed by atoms with E-state index in [1.54, 1.807) is 6.07 Å². The highest BCUT2D eigenvalue weighted by Gasteiger charge is 2.45. The fraction of sp³-hybridized carbons (Fsp3) is 0.263. The molecule has 0 heterocycles. The first kappa shape index (κ1) is 17.8. The van der Waals surface area contributed by atoms with Gasteiger partial charge in [-0.3, -0.25) is 4.79 Å². The smallest absolute Gasteiger partial charge is 0.339 e. The zero-order valence-corrected chi connectivity index (χ0v) is 14.0. The molecule has 0 unspecified atom stereocenters. The van der Waals surface area contributed by atoms with Crippen molar-refractivity contribution < 1.29 is 28.2 Å². The highest BCUT2D eigenvalue weighted by molar-refractivity contribution is 5.91. The van der Waals surface area contributed by atoms with Crippen molar-refractivity contribution in [2.75, 3.05) is 7.11 Å². The number of carboxylic acid groups (broad SMARTS) is 1. The number of hydrogen-bond donors (Lipinski definition) is 2. The Kier molecular flexibility index (Phi) is 4.88. The van der Waals surface area contributed by atoms with Gasteiger partial charge < -0.3 is 15.2 Å². The number of nitrogens with one attached hydrogen (secondary N) is 1. The zero-order valence-electron chi connectivity index (χ0n) is 14.0. The average Bonchev–Trinajstić information content (AvgIpc) is 3.42. The Balaban J connectivity index is 1.63. The summed E-state index contributed by atoms with van der Waals surface area (Å²) in [5.41, 5.74) is 0.818. The first-order chi connectivity index (χ1) is 12.4. The summed E-state index contributed by atoms with van der Waals surface area (Å²) >= 11 is 0. The second kappa shape index (κ2) is 7.11. The summed E-state index contributed by atoms with van der Waals surface area (Å²) in [6.07, 6.45) is 0.454. The molecule has 7 heteroatoms. The van der Waals surface area contributed by atoms with Gasteiger partial charge in [0.05, 0.1) is 7.11 Å². The maximum Gasteiger partial charge on any atom is 0.339 e. The maximum atomic E-state index is 13.8. The summed E-state index contributed by atoms with van der Waals surface area (Å²) in [6, 6.07) is 8.55. The Morgan fingerprint density at radius 3 is 2.73 bits per heavy atom. The highest BCUT2D eigenvalue weighted by atomic mass is 19.2. The quantitative estimate of drug-likeness (QED) is 0.829. The Labute approximate surface area is 148 Å². The molecule has 2 N–H and O–H groups in total. The van der Waals surface area contributed by atoms with Gasteiger partial charge in [0.15, 0.2) is 11.6 Å². The van der Waals surface area contributed by atoms with Gasteiger partial charge in [0.1, 0.15) is 11.3 Å². The minimum atomic E-state index is -1.13. The Morgan fingerprint density at radius 1 is 1.27 bits per heavy atom. The summed E-state index contributed by atoms with van der Waals surface area (Å²) in [5, 5.41) is 11.9. The maximum absolute atomic E-state index is 13.8. The number of carbonyl (C=O) groups is 2. The molecule has 136 valence electrons. The van der Waals surface area contributed by atoms with Crippen LogP contribution < -0.4 is 10.1 Å². The minimum Gasteiger partial charge on any atom is -0.496 e. The SMILES string of the molecule is COc1ccc(CNC(=O)[C@H]2C[C@H]2c2cccc(F)c2F)cc1C(=O)O. The molecule has 0 bridgehead atoms. The van der Waals surface area contributed by atoms with Crippen molar-refractivity contribution in [1.29, 1.82) is 0 Å². The number of carbonyl (C=O) groups excluding carboxylic acids is 1. The first-order valence-corrected chi connectivity index (χ1v) is 8.04. The van der Waals surface area contributed by atoms with Crippen LogP contribution in [0.15, 0.2) is 36.4 Å². The fourth-order valence-electron chi connectivity index (χ4n) is 2.99. The number of hydrogen-bond acceptors (Lipinski definition) is 3. The molecule has 0 saturated heterocycles. The van der Waals surface area contributed by atoms with Crippen LogP contribution >= 0.6 is 0 Å². The molecule has 2 aromatic rings. The molecule has 0 spiro atoms. The minimum absolute atomic E-state index is 0.00498. The van der Waals surface area contributed by atoms with Crippen LogP contribution in [0.1, 0.15) is 33.8 Å². The van der Waals surface area contributed by atoms with E-state index in [2.05, 4.69) is 5.32 Å². The molecular formula is C19H17F2NO4. The van der Waals surface area contributed by atoms with Crippen LogP contribution in [0.3, 0.4) is 0 Å². The summed E-state index contributed by atoms with van der Waals surface area (Å²) in [5.74, 6) is -3.75. The fourth-order valence-corrected chi connectivity index (χ4v) is 2.99. The second-order valence-electron chi connectivity index (χ2n) is 6.15. The monoisotopic (exact) mass is 361 g/mol. The van der Waals surface area contributed by atoms with E-state index in [9.17, 15) is 23.5 Å². The Morgan fingerprint density at radius 2 is 2.04 bits per heavy atom. The summed E-state index contributed by atoms with van der Waals surface area (Å²) in [4.78, 5) is 23.4. The number of methoxy groups -OCH3 is 1. The van der Waals surface area contributed by atoms with E-state index >= 15 is 0 Å². The van der Waals surface area contributed by atoms with E-state index < -0.39 is 23.5 Å². The summed E-state index contributed by atoms with van der Waals surface area (Å²) in [6.45, 7) is 0.137. The Bertz CT molecular complexity index is 869. The number of halogens is 2. The van der Waals surface area contributed by atoms with Crippen molar-refractivity contribution >= 4 is 11.9 Å². The van der Waals surface area contributed by atoms with E-state index in [1.165, 1.54) is 31.4 Å². The number of rotatable bonds is 6. The van der Waals surface area contributed by atoms with Crippen LogP contribution in [0.2, 0.25) is 0 Å². The van der Waals surface area contributed by atoms with Crippen molar-refractivity contribution in [2.45, 2.75) is 18.9 Å². The van der Waals surface area contributed by atoms with Crippen molar-refractivity contribution in [3.05, 3.63) is 64.7 Å². The molecule has 0 aromatic heterocycles. The van der Waals surface area contributed by atoms with Gasteiger partial charge in [-0.25, -0.2) is 13.6 Å². The van der Waals surface area contributed by atoms with Crippen LogP contribution in [0, 0.1) is 17.6 Å². The molecule has 5 nitrogen and oxygen atoms in total. The molecule has 2 aromatic carbocycles. The lowest BCUT2D eigenvalue weighted by Gasteiger charge is -2.09. The normalized spacial score (nSPS) is 18.3. The first-order valence-electron chi connectivity index (χ1n) is 8.04. The molecule has 1 saturated carbocycles. The van der Waals surface area contributed by atoms with E-state index in [1.807, 2.05) is 0 Å². The number of aromatic carboxylic acids is 1. The van der Waals surface area contributed by atoms with Gasteiger partial charge in [0, 0.05) is 12.5 Å². The molecular weight excluding hydrogens is 344 g/mol. The largest absolute Gasteiger partial charge is 0.496 e. The van der Waals surface area contributed by atoms with Crippen molar-refractivity contribution in [2.24, 2.45) is 5.92 Å². The Hall–Kier alpha value is -2.96. The molecule has 3 rings (SSSR count). The second-order valence-corrected chi connectivity index (χ2v) is 6.15. The van der Waals surface area contributed by atoms with Crippen molar-refractivity contribution in [3.63, 3.8) is 0 Å². The molecule has 1 amide bonds. The lowest BCUT2D eigenvalue weighted by molar-refractivity contribution is -0.122. The molecule has 1 aliphatic carbocycles. The predicted molar refractivity (Wildman–Crippen MR) is 89.0 cm³/mol. The van der Waals surface area contributed by atoms with Crippen LogP contribution in [0.5, 0.6) is 5.75 Å². The molecule has 1 aliphatic rings. The number of amides is 1. The predicted octanol–water partition coefficient (Wildman–Crippen LogP) is 3.09. The average molecular weight is 361 g/mol. The van der Waals surface area contributed by atoms with Crippen LogP contribution in [-0.2, 0) is 11.3 Å². The van der Waals surface area contributed by atoms with Crippen molar-refractivity contribution in [1.82, 2.24) is 5.32 Å². The van der Waals surface area contributed by atoms with Gasteiger partial charge in [-0.1, -0.05) is 18.2 Å². The molecule has 0 aliphatic heterocycles.